The molecule has 3 aromatic rings. The zero-order valence-corrected chi connectivity index (χ0v) is 16.9. The molecule has 0 spiro atoms. The number of hydrogen-bond acceptors (Lipinski definition) is 5. The van der Waals surface area contributed by atoms with Gasteiger partial charge in [-0.3, -0.25) is 0 Å². The van der Waals surface area contributed by atoms with Crippen molar-refractivity contribution < 1.29 is 18.4 Å². The number of halogens is 1. The number of nitrogens with zero attached hydrogens (tertiary/aromatic N) is 3. The minimum absolute atomic E-state index is 0.150. The highest BCUT2D eigenvalue weighted by Crippen LogP contribution is 2.31. The fraction of sp³-hybridized carbons (Fsp3) is 0.318. The van der Waals surface area contributed by atoms with Gasteiger partial charge in [0.1, 0.15) is 11.6 Å². The Hall–Kier alpha value is -3.42. The first-order valence-corrected chi connectivity index (χ1v) is 9.85. The normalized spacial score (nSPS) is 16.0. The second-order valence-electron chi connectivity index (χ2n) is 7.39. The molecule has 0 radical (unpaired) electrons. The van der Waals surface area contributed by atoms with Gasteiger partial charge in [-0.05, 0) is 56.5 Å². The number of aryl methyl sites for hydroxylation is 2. The Labute approximate surface area is 173 Å². The zero-order valence-electron chi connectivity index (χ0n) is 16.9. The first-order chi connectivity index (χ1) is 14.5. The Morgan fingerprint density at radius 1 is 1.27 bits per heavy atom. The van der Waals surface area contributed by atoms with Crippen LogP contribution in [0.2, 0.25) is 0 Å². The van der Waals surface area contributed by atoms with Gasteiger partial charge in [0, 0.05) is 12.2 Å². The molecule has 2 aromatic carbocycles. The van der Waals surface area contributed by atoms with Crippen molar-refractivity contribution in [3.8, 4) is 5.75 Å². The standard InChI is InChI=1S/C22H23FN4O3/c1-14-5-9-17(10-6-14)29-13-20-25-21(26-30-20)19-4-3-11-27(19)22(28)24-16-8-7-15(2)18(23)12-16/h5-10,12,19H,3-4,11,13H2,1-2H3,(H,24,28). The molecule has 1 aliphatic heterocycles. The molecule has 0 aliphatic carbocycles. The average molecular weight is 410 g/mol. The summed E-state index contributed by atoms with van der Waals surface area (Å²) >= 11 is 0. The summed E-state index contributed by atoms with van der Waals surface area (Å²) in [5, 5.41) is 6.79. The molecule has 0 saturated carbocycles. The van der Waals surface area contributed by atoms with Crippen LogP contribution in [0.4, 0.5) is 14.9 Å². The largest absolute Gasteiger partial charge is 0.484 e. The third-order valence-corrected chi connectivity index (χ3v) is 5.10. The molecule has 1 unspecified atom stereocenters. The van der Waals surface area contributed by atoms with Gasteiger partial charge in [0.25, 0.3) is 5.89 Å². The van der Waals surface area contributed by atoms with Gasteiger partial charge in [-0.25, -0.2) is 9.18 Å². The number of aromatic nitrogens is 2. The number of carbonyl (C=O) groups is 1. The Bertz CT molecular complexity index is 1040. The summed E-state index contributed by atoms with van der Waals surface area (Å²) in [4.78, 5) is 18.8. The third kappa shape index (κ3) is 4.42. The van der Waals surface area contributed by atoms with Gasteiger partial charge in [-0.1, -0.05) is 28.9 Å². The van der Waals surface area contributed by atoms with Crippen LogP contribution in [-0.2, 0) is 6.61 Å². The molecule has 2 amide bonds. The number of rotatable bonds is 5. The lowest BCUT2D eigenvalue weighted by Gasteiger charge is -2.22. The molecule has 1 aromatic heterocycles. The molecule has 1 N–H and O–H groups in total. The fourth-order valence-corrected chi connectivity index (χ4v) is 3.39. The van der Waals surface area contributed by atoms with Crippen LogP contribution in [0, 0.1) is 19.7 Å². The van der Waals surface area contributed by atoms with E-state index in [1.807, 2.05) is 31.2 Å². The molecule has 1 saturated heterocycles. The van der Waals surface area contributed by atoms with Crippen LogP contribution in [0.3, 0.4) is 0 Å². The molecule has 156 valence electrons. The Balaban J connectivity index is 1.40. The fourth-order valence-electron chi connectivity index (χ4n) is 3.39. The SMILES string of the molecule is Cc1ccc(OCc2nc(C3CCCN3C(=O)Nc3ccc(C)c(F)c3)no2)cc1. The van der Waals surface area contributed by atoms with Gasteiger partial charge in [-0.15, -0.1) is 0 Å². The summed E-state index contributed by atoms with van der Waals surface area (Å²) < 4.78 is 24.7. The van der Waals surface area contributed by atoms with Gasteiger partial charge in [0.2, 0.25) is 0 Å². The molecule has 30 heavy (non-hydrogen) atoms. The number of likely N-dealkylation sites (tertiary alicyclic amines) is 1. The highest BCUT2D eigenvalue weighted by atomic mass is 19.1. The molecule has 1 aliphatic rings. The number of hydrogen-bond donors (Lipinski definition) is 1. The van der Waals surface area contributed by atoms with E-state index in [9.17, 15) is 9.18 Å². The van der Waals surface area contributed by atoms with Crippen LogP contribution >= 0.6 is 0 Å². The number of amides is 2. The van der Waals surface area contributed by atoms with E-state index in [1.54, 1.807) is 24.0 Å². The van der Waals surface area contributed by atoms with Crippen LogP contribution in [0.15, 0.2) is 47.0 Å². The van der Waals surface area contributed by atoms with Crippen molar-refractivity contribution in [2.24, 2.45) is 0 Å². The minimum atomic E-state index is -0.359. The lowest BCUT2D eigenvalue weighted by Crippen LogP contribution is -2.34. The topological polar surface area (TPSA) is 80.5 Å². The number of anilines is 1. The summed E-state index contributed by atoms with van der Waals surface area (Å²) in [5.41, 5.74) is 2.09. The maximum atomic E-state index is 13.8. The van der Waals surface area contributed by atoms with Crippen molar-refractivity contribution >= 4 is 11.7 Å². The monoisotopic (exact) mass is 410 g/mol. The summed E-state index contributed by atoms with van der Waals surface area (Å²) in [7, 11) is 0. The minimum Gasteiger partial charge on any atom is -0.484 e. The van der Waals surface area contributed by atoms with Crippen LogP contribution in [0.1, 0.15) is 41.7 Å². The lowest BCUT2D eigenvalue weighted by atomic mass is 10.2. The first kappa shape index (κ1) is 19.9. The Kier molecular flexibility index (Phi) is 5.65. The van der Waals surface area contributed by atoms with Gasteiger partial charge >= 0.3 is 6.03 Å². The molecule has 2 heterocycles. The van der Waals surface area contributed by atoms with E-state index >= 15 is 0 Å². The highest BCUT2D eigenvalue weighted by molar-refractivity contribution is 5.89. The zero-order chi connectivity index (χ0) is 21.1. The third-order valence-electron chi connectivity index (χ3n) is 5.10. The van der Waals surface area contributed by atoms with Gasteiger partial charge < -0.3 is 19.5 Å². The van der Waals surface area contributed by atoms with Crippen LogP contribution in [0.5, 0.6) is 5.75 Å². The molecular formula is C22H23FN4O3. The van der Waals surface area contributed by atoms with Crippen molar-refractivity contribution in [3.05, 3.63) is 71.1 Å². The Morgan fingerprint density at radius 3 is 2.83 bits per heavy atom. The smallest absolute Gasteiger partial charge is 0.322 e. The van der Waals surface area contributed by atoms with E-state index in [0.717, 1.165) is 18.4 Å². The molecule has 1 atom stereocenters. The quantitative estimate of drug-likeness (QED) is 0.655. The molecule has 0 bridgehead atoms. The second kappa shape index (κ2) is 8.52. The number of nitrogens with one attached hydrogen (secondary N) is 1. The molecule has 4 rings (SSSR count). The average Bonchev–Trinajstić information content (AvgIpc) is 3.39. The Morgan fingerprint density at radius 2 is 2.07 bits per heavy atom. The van der Waals surface area contributed by atoms with Crippen molar-refractivity contribution in [2.75, 3.05) is 11.9 Å². The van der Waals surface area contributed by atoms with Crippen molar-refractivity contribution in [3.63, 3.8) is 0 Å². The van der Waals surface area contributed by atoms with E-state index < -0.39 is 0 Å². The molecule has 1 fully saturated rings. The van der Waals surface area contributed by atoms with E-state index in [1.165, 1.54) is 6.07 Å². The molecule has 7 nitrogen and oxygen atoms in total. The van der Waals surface area contributed by atoms with E-state index in [0.29, 0.717) is 35.3 Å². The predicted molar refractivity (Wildman–Crippen MR) is 109 cm³/mol. The number of urea groups is 1. The van der Waals surface area contributed by atoms with Crippen molar-refractivity contribution in [2.45, 2.75) is 39.3 Å². The van der Waals surface area contributed by atoms with Gasteiger partial charge in [0.15, 0.2) is 12.4 Å². The predicted octanol–water partition coefficient (Wildman–Crippen LogP) is 4.77. The lowest BCUT2D eigenvalue weighted by molar-refractivity contribution is 0.203. The number of ether oxygens (including phenoxy) is 1. The summed E-state index contributed by atoms with van der Waals surface area (Å²) in [6, 6.07) is 11.7. The summed E-state index contributed by atoms with van der Waals surface area (Å²) in [5.74, 6) is 1.15. The highest BCUT2D eigenvalue weighted by Gasteiger charge is 2.33. The van der Waals surface area contributed by atoms with E-state index in [2.05, 4.69) is 15.5 Å². The second-order valence-corrected chi connectivity index (χ2v) is 7.39. The summed E-state index contributed by atoms with van der Waals surface area (Å²) in [6.07, 6.45) is 1.55. The maximum Gasteiger partial charge on any atom is 0.322 e. The van der Waals surface area contributed by atoms with E-state index in [-0.39, 0.29) is 24.5 Å². The molecule has 8 heteroatoms. The number of carbonyl (C=O) groups excluding carboxylic acids is 1. The summed E-state index contributed by atoms with van der Waals surface area (Å²) in [6.45, 7) is 4.40. The van der Waals surface area contributed by atoms with E-state index in [4.69, 9.17) is 9.26 Å². The van der Waals surface area contributed by atoms with Crippen LogP contribution in [-0.4, -0.2) is 27.6 Å². The van der Waals surface area contributed by atoms with Gasteiger partial charge in [0.05, 0.1) is 6.04 Å². The number of benzene rings is 2. The molecular weight excluding hydrogens is 387 g/mol. The maximum absolute atomic E-state index is 13.8. The van der Waals surface area contributed by atoms with Crippen LogP contribution < -0.4 is 10.1 Å². The van der Waals surface area contributed by atoms with Gasteiger partial charge in [-0.2, -0.15) is 4.98 Å². The van der Waals surface area contributed by atoms with Crippen LogP contribution in [0.25, 0.3) is 0 Å². The van der Waals surface area contributed by atoms with Crippen molar-refractivity contribution in [1.82, 2.24) is 15.0 Å². The first-order valence-electron chi connectivity index (χ1n) is 9.85. The van der Waals surface area contributed by atoms with Crippen molar-refractivity contribution in [1.29, 1.82) is 0 Å².